The molecule has 3 aromatic rings. The SMILES string of the molecule is O=C(NCC1CC(=O)N(Cc2ccccc2)C1)c1cc2ccccc2oc1=O. The number of likely N-dealkylation sites (tertiary alicyclic amines) is 1. The lowest BCUT2D eigenvalue weighted by Crippen LogP contribution is -2.33. The van der Waals surface area contributed by atoms with Gasteiger partial charge >= 0.3 is 5.63 Å². The van der Waals surface area contributed by atoms with Gasteiger partial charge < -0.3 is 14.6 Å². The van der Waals surface area contributed by atoms with Crippen molar-refractivity contribution in [2.24, 2.45) is 5.92 Å². The second-order valence-corrected chi connectivity index (χ2v) is 7.03. The molecule has 1 aromatic heterocycles. The Morgan fingerprint density at radius 1 is 1.07 bits per heavy atom. The number of fused-ring (bicyclic) bond motifs is 1. The normalized spacial score (nSPS) is 16.5. The van der Waals surface area contributed by atoms with Crippen LogP contribution >= 0.6 is 0 Å². The third-order valence-corrected chi connectivity index (χ3v) is 4.95. The van der Waals surface area contributed by atoms with E-state index in [2.05, 4.69) is 5.32 Å². The second-order valence-electron chi connectivity index (χ2n) is 7.03. The summed E-state index contributed by atoms with van der Waals surface area (Å²) < 4.78 is 5.21. The first-order valence-electron chi connectivity index (χ1n) is 9.23. The smallest absolute Gasteiger partial charge is 0.349 e. The van der Waals surface area contributed by atoms with Crippen molar-refractivity contribution >= 4 is 22.8 Å². The standard InChI is InChI=1S/C22H20N2O4/c25-20-10-16(14-24(20)13-15-6-2-1-3-7-15)12-23-21(26)18-11-17-8-4-5-9-19(17)28-22(18)27/h1-9,11,16H,10,12-14H2,(H,23,26). The third kappa shape index (κ3) is 3.81. The number of hydrogen-bond acceptors (Lipinski definition) is 4. The molecule has 0 spiro atoms. The molecular weight excluding hydrogens is 356 g/mol. The highest BCUT2D eigenvalue weighted by Crippen LogP contribution is 2.20. The Balaban J connectivity index is 1.38. The summed E-state index contributed by atoms with van der Waals surface area (Å²) in [6.45, 7) is 1.49. The first kappa shape index (κ1) is 18.0. The molecular formula is C22H20N2O4. The Kier molecular flexibility index (Phi) is 4.93. The predicted octanol–water partition coefficient (Wildman–Crippen LogP) is 2.57. The number of nitrogens with one attached hydrogen (secondary N) is 1. The van der Waals surface area contributed by atoms with Crippen molar-refractivity contribution in [2.75, 3.05) is 13.1 Å². The molecule has 142 valence electrons. The van der Waals surface area contributed by atoms with Gasteiger partial charge in [-0.2, -0.15) is 0 Å². The van der Waals surface area contributed by atoms with Crippen molar-refractivity contribution in [3.63, 3.8) is 0 Å². The van der Waals surface area contributed by atoms with E-state index in [-0.39, 0.29) is 17.4 Å². The molecule has 1 fully saturated rings. The number of rotatable bonds is 5. The van der Waals surface area contributed by atoms with Crippen LogP contribution in [0.25, 0.3) is 11.0 Å². The van der Waals surface area contributed by atoms with E-state index in [0.29, 0.717) is 37.0 Å². The topological polar surface area (TPSA) is 79.6 Å². The predicted molar refractivity (Wildman–Crippen MR) is 105 cm³/mol. The number of amides is 2. The Morgan fingerprint density at radius 2 is 1.82 bits per heavy atom. The first-order valence-corrected chi connectivity index (χ1v) is 9.23. The van der Waals surface area contributed by atoms with E-state index in [1.54, 1.807) is 23.1 Å². The highest BCUT2D eigenvalue weighted by molar-refractivity contribution is 5.96. The maximum atomic E-state index is 12.5. The summed E-state index contributed by atoms with van der Waals surface area (Å²) in [5.41, 5.74) is 0.838. The van der Waals surface area contributed by atoms with Gasteiger partial charge in [0.2, 0.25) is 5.91 Å². The van der Waals surface area contributed by atoms with E-state index in [1.807, 2.05) is 36.4 Å². The molecule has 1 saturated heterocycles. The molecule has 2 aromatic carbocycles. The van der Waals surface area contributed by atoms with Crippen molar-refractivity contribution < 1.29 is 14.0 Å². The molecule has 1 aliphatic heterocycles. The van der Waals surface area contributed by atoms with Crippen LogP contribution in [-0.2, 0) is 11.3 Å². The molecule has 1 atom stereocenters. The van der Waals surface area contributed by atoms with Gasteiger partial charge in [0.25, 0.3) is 5.91 Å². The maximum Gasteiger partial charge on any atom is 0.349 e. The molecule has 0 saturated carbocycles. The molecule has 0 aliphatic carbocycles. The Morgan fingerprint density at radius 3 is 2.64 bits per heavy atom. The summed E-state index contributed by atoms with van der Waals surface area (Å²) >= 11 is 0. The van der Waals surface area contributed by atoms with Crippen LogP contribution < -0.4 is 10.9 Å². The minimum absolute atomic E-state index is 0.0210. The molecule has 4 rings (SSSR count). The van der Waals surface area contributed by atoms with Gasteiger partial charge in [-0.25, -0.2) is 4.79 Å². The molecule has 1 N–H and O–H groups in total. The van der Waals surface area contributed by atoms with Gasteiger partial charge in [0.05, 0.1) is 0 Å². The summed E-state index contributed by atoms with van der Waals surface area (Å²) in [6.07, 6.45) is 0.388. The van der Waals surface area contributed by atoms with Crippen LogP contribution in [0.5, 0.6) is 0 Å². The average molecular weight is 376 g/mol. The largest absolute Gasteiger partial charge is 0.422 e. The van der Waals surface area contributed by atoms with Crippen molar-refractivity contribution in [3.05, 3.63) is 82.2 Å². The monoisotopic (exact) mass is 376 g/mol. The fourth-order valence-electron chi connectivity index (χ4n) is 3.50. The van der Waals surface area contributed by atoms with Crippen molar-refractivity contribution in [3.8, 4) is 0 Å². The number of nitrogens with zero attached hydrogens (tertiary/aromatic N) is 1. The third-order valence-electron chi connectivity index (χ3n) is 4.95. The van der Waals surface area contributed by atoms with Gasteiger partial charge in [-0.05, 0) is 17.7 Å². The molecule has 0 bridgehead atoms. The number of carbonyl (C=O) groups excluding carboxylic acids is 2. The molecule has 0 radical (unpaired) electrons. The summed E-state index contributed by atoms with van der Waals surface area (Å²) in [7, 11) is 0. The summed E-state index contributed by atoms with van der Waals surface area (Å²) in [5.74, 6) is -0.380. The highest BCUT2D eigenvalue weighted by Gasteiger charge is 2.30. The van der Waals surface area contributed by atoms with Crippen molar-refractivity contribution in [1.82, 2.24) is 10.2 Å². The van der Waals surface area contributed by atoms with E-state index in [1.165, 1.54) is 6.07 Å². The quantitative estimate of drug-likeness (QED) is 0.694. The van der Waals surface area contributed by atoms with Crippen LogP contribution in [0.2, 0.25) is 0 Å². The molecule has 1 unspecified atom stereocenters. The van der Waals surface area contributed by atoms with E-state index in [9.17, 15) is 14.4 Å². The minimum atomic E-state index is -0.663. The summed E-state index contributed by atoms with van der Waals surface area (Å²) in [5, 5.41) is 3.47. The van der Waals surface area contributed by atoms with Gasteiger partial charge in [0.1, 0.15) is 11.1 Å². The van der Waals surface area contributed by atoms with Crippen LogP contribution in [0.1, 0.15) is 22.3 Å². The van der Waals surface area contributed by atoms with Crippen molar-refractivity contribution in [2.45, 2.75) is 13.0 Å². The molecule has 1 aliphatic rings. The van der Waals surface area contributed by atoms with Gasteiger partial charge in [-0.1, -0.05) is 48.5 Å². The second kappa shape index (κ2) is 7.68. The molecule has 6 heteroatoms. The Hall–Kier alpha value is -3.41. The van der Waals surface area contributed by atoms with Gasteiger partial charge in [-0.15, -0.1) is 0 Å². The van der Waals surface area contributed by atoms with E-state index >= 15 is 0 Å². The molecule has 6 nitrogen and oxygen atoms in total. The average Bonchev–Trinajstić information content (AvgIpc) is 3.05. The van der Waals surface area contributed by atoms with Gasteiger partial charge in [0, 0.05) is 37.4 Å². The summed E-state index contributed by atoms with van der Waals surface area (Å²) in [4.78, 5) is 38.6. The fourth-order valence-corrected chi connectivity index (χ4v) is 3.50. The Bertz CT molecular complexity index is 1070. The zero-order valence-electron chi connectivity index (χ0n) is 15.3. The Labute approximate surface area is 161 Å². The minimum Gasteiger partial charge on any atom is -0.422 e. The number of para-hydroxylation sites is 1. The summed E-state index contributed by atoms with van der Waals surface area (Å²) in [6, 6.07) is 18.4. The number of carbonyl (C=O) groups is 2. The zero-order valence-corrected chi connectivity index (χ0v) is 15.3. The fraction of sp³-hybridized carbons (Fsp3) is 0.227. The van der Waals surface area contributed by atoms with Crippen LogP contribution in [0.3, 0.4) is 0 Å². The lowest BCUT2D eigenvalue weighted by molar-refractivity contribution is -0.128. The van der Waals surface area contributed by atoms with Crippen LogP contribution in [-0.4, -0.2) is 29.8 Å². The van der Waals surface area contributed by atoms with Gasteiger partial charge in [0.15, 0.2) is 0 Å². The number of benzene rings is 2. The van der Waals surface area contributed by atoms with E-state index < -0.39 is 11.5 Å². The van der Waals surface area contributed by atoms with Crippen LogP contribution in [0.4, 0.5) is 0 Å². The number of hydrogen-bond donors (Lipinski definition) is 1. The molecule has 2 amide bonds. The van der Waals surface area contributed by atoms with Crippen molar-refractivity contribution in [1.29, 1.82) is 0 Å². The molecule has 2 heterocycles. The van der Waals surface area contributed by atoms with Crippen LogP contribution in [0.15, 0.2) is 69.9 Å². The van der Waals surface area contributed by atoms with E-state index in [0.717, 1.165) is 5.56 Å². The maximum absolute atomic E-state index is 12.5. The highest BCUT2D eigenvalue weighted by atomic mass is 16.4. The molecule has 28 heavy (non-hydrogen) atoms. The lowest BCUT2D eigenvalue weighted by Gasteiger charge is -2.17. The first-order chi connectivity index (χ1) is 13.6. The van der Waals surface area contributed by atoms with Crippen LogP contribution in [0, 0.1) is 5.92 Å². The lowest BCUT2D eigenvalue weighted by atomic mass is 10.1. The van der Waals surface area contributed by atoms with E-state index in [4.69, 9.17) is 4.42 Å². The van der Waals surface area contributed by atoms with Gasteiger partial charge in [-0.3, -0.25) is 9.59 Å². The zero-order chi connectivity index (χ0) is 19.5.